The van der Waals surface area contributed by atoms with E-state index in [1.165, 1.54) is 0 Å². The van der Waals surface area contributed by atoms with E-state index in [0.29, 0.717) is 12.2 Å². The van der Waals surface area contributed by atoms with Gasteiger partial charge in [0.15, 0.2) is 0 Å². The van der Waals surface area contributed by atoms with Crippen molar-refractivity contribution < 1.29 is 23.8 Å². The Morgan fingerprint density at radius 3 is 2.71 bits per heavy atom. The fourth-order valence-corrected chi connectivity index (χ4v) is 1.56. The van der Waals surface area contributed by atoms with E-state index in [9.17, 15) is 9.59 Å². The maximum Gasteiger partial charge on any atom is 0.513 e. The van der Waals surface area contributed by atoms with Crippen molar-refractivity contribution in [3.8, 4) is 0 Å². The minimum absolute atomic E-state index is 0.00478. The molecule has 1 aromatic rings. The molecule has 0 bridgehead atoms. The molecule has 94 valence electrons. The average Bonchev–Trinajstić information content (AvgIpc) is 2.57. The first-order chi connectivity index (χ1) is 8.02. The summed E-state index contributed by atoms with van der Waals surface area (Å²) in [6.07, 6.45) is 0.652. The number of carbonyl (C=O) groups is 2. The highest BCUT2D eigenvalue weighted by atomic mass is 16.7. The van der Waals surface area contributed by atoms with Crippen LogP contribution in [0.3, 0.4) is 0 Å². The number of esters is 1. The number of carboxylic acid groups (broad SMARTS) is 1. The van der Waals surface area contributed by atoms with Crippen LogP contribution < -0.4 is 0 Å². The molecule has 0 radical (unpaired) electrons. The molecule has 0 saturated heterocycles. The molecule has 0 saturated carbocycles. The summed E-state index contributed by atoms with van der Waals surface area (Å²) in [7, 11) is 0. The molecule has 1 N–H and O–H groups in total. The number of carbonyl (C=O) groups excluding carboxylic acids is 1. The highest BCUT2D eigenvalue weighted by molar-refractivity contribution is 5.80. The lowest BCUT2D eigenvalue weighted by molar-refractivity contribution is -0.139. The smallest absolute Gasteiger partial charge is 0.466 e. The molecular formula is C12H16O5. The lowest BCUT2D eigenvalue weighted by Gasteiger charge is -1.97. The van der Waals surface area contributed by atoms with E-state index in [2.05, 4.69) is 11.7 Å². The van der Waals surface area contributed by atoms with Gasteiger partial charge < -0.3 is 14.3 Å². The van der Waals surface area contributed by atoms with Crippen molar-refractivity contribution in [2.75, 3.05) is 0 Å². The summed E-state index contributed by atoms with van der Waals surface area (Å²) in [5.41, 5.74) is 1.06. The molecule has 0 aromatic carbocycles. The molecule has 1 aromatic heterocycles. The van der Waals surface area contributed by atoms with Gasteiger partial charge in [0.2, 0.25) is 0 Å². The van der Waals surface area contributed by atoms with E-state index < -0.39 is 12.1 Å². The third kappa shape index (κ3) is 4.30. The third-order valence-electron chi connectivity index (χ3n) is 2.33. The van der Waals surface area contributed by atoms with Gasteiger partial charge in [-0.15, -0.1) is 0 Å². The fraction of sp³-hybridized carbons (Fsp3) is 0.500. The molecule has 0 aliphatic rings. The summed E-state index contributed by atoms with van der Waals surface area (Å²) in [5, 5.41) is 8.23. The van der Waals surface area contributed by atoms with Gasteiger partial charge >= 0.3 is 12.1 Å². The zero-order chi connectivity index (χ0) is 12.8. The Morgan fingerprint density at radius 2 is 2.12 bits per heavy atom. The van der Waals surface area contributed by atoms with Gasteiger partial charge in [0.25, 0.3) is 0 Å². The van der Waals surface area contributed by atoms with E-state index in [-0.39, 0.29) is 6.42 Å². The van der Waals surface area contributed by atoms with Crippen molar-refractivity contribution in [1.29, 1.82) is 0 Å². The van der Waals surface area contributed by atoms with Crippen LogP contribution in [0.4, 0.5) is 4.79 Å². The van der Waals surface area contributed by atoms with Crippen LogP contribution >= 0.6 is 0 Å². The number of aryl methyl sites for hydroxylation is 3. The lowest BCUT2D eigenvalue weighted by Crippen LogP contribution is -2.10. The van der Waals surface area contributed by atoms with Crippen LogP contribution in [-0.2, 0) is 22.4 Å². The number of ether oxygens (including phenoxy) is 1. The van der Waals surface area contributed by atoms with Crippen LogP contribution in [0, 0.1) is 6.92 Å². The van der Waals surface area contributed by atoms with Gasteiger partial charge in [-0.2, -0.15) is 0 Å². The average molecular weight is 240 g/mol. The molecule has 0 aliphatic heterocycles. The Labute approximate surface area is 99.4 Å². The molecule has 0 aliphatic carbocycles. The summed E-state index contributed by atoms with van der Waals surface area (Å²) in [5.74, 6) is 0.853. The lowest BCUT2D eigenvalue weighted by atomic mass is 10.2. The molecule has 0 fully saturated rings. The quantitative estimate of drug-likeness (QED) is 0.632. The second-order valence-corrected chi connectivity index (χ2v) is 3.81. The van der Waals surface area contributed by atoms with Crippen LogP contribution in [0.15, 0.2) is 10.5 Å². The SMILES string of the molecule is CCCc1oc(CCC(=O)OC(=O)O)cc1C. The Morgan fingerprint density at radius 1 is 1.41 bits per heavy atom. The molecule has 0 unspecified atom stereocenters. The van der Waals surface area contributed by atoms with E-state index in [0.717, 1.165) is 24.2 Å². The summed E-state index contributed by atoms with van der Waals surface area (Å²) < 4.78 is 9.55. The monoisotopic (exact) mass is 240 g/mol. The first kappa shape index (κ1) is 13.3. The zero-order valence-electron chi connectivity index (χ0n) is 9.99. The maximum atomic E-state index is 11.0. The Bertz CT molecular complexity index is 405. The van der Waals surface area contributed by atoms with E-state index >= 15 is 0 Å². The number of rotatable bonds is 5. The molecule has 1 rings (SSSR count). The van der Waals surface area contributed by atoms with Crippen molar-refractivity contribution >= 4 is 12.1 Å². The van der Waals surface area contributed by atoms with Gasteiger partial charge in [0.05, 0.1) is 6.42 Å². The zero-order valence-corrected chi connectivity index (χ0v) is 9.99. The van der Waals surface area contributed by atoms with Crippen LogP contribution in [0.25, 0.3) is 0 Å². The molecule has 5 heteroatoms. The normalized spacial score (nSPS) is 10.2. The Kier molecular flexibility index (Phi) is 4.75. The van der Waals surface area contributed by atoms with Crippen molar-refractivity contribution in [1.82, 2.24) is 0 Å². The van der Waals surface area contributed by atoms with Crippen LogP contribution in [0.2, 0.25) is 0 Å². The number of hydrogen-bond acceptors (Lipinski definition) is 4. The standard InChI is InChI=1S/C12H16O5/c1-3-4-10-8(2)7-9(16-10)5-6-11(13)17-12(14)15/h7H,3-6H2,1-2H3,(H,14,15). The van der Waals surface area contributed by atoms with Crippen molar-refractivity contribution in [3.05, 3.63) is 23.2 Å². The third-order valence-corrected chi connectivity index (χ3v) is 2.33. The molecular weight excluding hydrogens is 224 g/mol. The first-order valence-electron chi connectivity index (χ1n) is 5.54. The molecule has 17 heavy (non-hydrogen) atoms. The molecule has 0 spiro atoms. The first-order valence-corrected chi connectivity index (χ1v) is 5.54. The topological polar surface area (TPSA) is 76.7 Å². The van der Waals surface area contributed by atoms with E-state index in [4.69, 9.17) is 9.52 Å². The van der Waals surface area contributed by atoms with Crippen LogP contribution in [-0.4, -0.2) is 17.2 Å². The fourth-order valence-electron chi connectivity index (χ4n) is 1.56. The molecule has 0 amide bonds. The summed E-state index contributed by atoms with van der Waals surface area (Å²) in [6, 6.07) is 1.87. The second kappa shape index (κ2) is 6.08. The van der Waals surface area contributed by atoms with E-state index in [1.54, 1.807) is 0 Å². The largest absolute Gasteiger partial charge is 0.513 e. The van der Waals surface area contributed by atoms with Crippen molar-refractivity contribution in [2.45, 2.75) is 39.5 Å². The van der Waals surface area contributed by atoms with Gasteiger partial charge in [-0.05, 0) is 25.0 Å². The minimum atomic E-state index is -1.57. The van der Waals surface area contributed by atoms with Crippen molar-refractivity contribution in [3.63, 3.8) is 0 Å². The Hall–Kier alpha value is -1.78. The molecule has 1 heterocycles. The second-order valence-electron chi connectivity index (χ2n) is 3.81. The van der Waals surface area contributed by atoms with Crippen LogP contribution in [0.1, 0.15) is 36.8 Å². The highest BCUT2D eigenvalue weighted by Gasteiger charge is 2.11. The number of hydrogen-bond donors (Lipinski definition) is 1. The number of furan rings is 1. The molecule has 5 nitrogen and oxygen atoms in total. The predicted octanol–water partition coefficient (Wildman–Crippen LogP) is 2.69. The van der Waals surface area contributed by atoms with Crippen LogP contribution in [0.5, 0.6) is 0 Å². The molecule has 0 atom stereocenters. The summed E-state index contributed by atoms with van der Waals surface area (Å²) in [6.45, 7) is 4.01. The van der Waals surface area contributed by atoms with Gasteiger partial charge in [0, 0.05) is 12.8 Å². The van der Waals surface area contributed by atoms with Gasteiger partial charge in [0.1, 0.15) is 11.5 Å². The Balaban J connectivity index is 2.49. The van der Waals surface area contributed by atoms with Gasteiger partial charge in [-0.25, -0.2) is 4.79 Å². The summed E-state index contributed by atoms with van der Waals surface area (Å²) in [4.78, 5) is 21.1. The van der Waals surface area contributed by atoms with Crippen molar-refractivity contribution in [2.24, 2.45) is 0 Å². The summed E-state index contributed by atoms with van der Waals surface area (Å²) >= 11 is 0. The van der Waals surface area contributed by atoms with Gasteiger partial charge in [-0.1, -0.05) is 6.92 Å². The highest BCUT2D eigenvalue weighted by Crippen LogP contribution is 2.17. The van der Waals surface area contributed by atoms with E-state index in [1.807, 2.05) is 13.0 Å². The predicted molar refractivity (Wildman–Crippen MR) is 59.9 cm³/mol. The minimum Gasteiger partial charge on any atom is -0.466 e. The van der Waals surface area contributed by atoms with Gasteiger partial charge in [-0.3, -0.25) is 4.79 Å². The maximum absolute atomic E-state index is 11.0.